The van der Waals surface area contributed by atoms with Crippen molar-refractivity contribution in [3.8, 4) is 0 Å². The zero-order valence-corrected chi connectivity index (χ0v) is 16.7. The molecule has 0 atom stereocenters. The third-order valence-corrected chi connectivity index (χ3v) is 6.01. The maximum Gasteiger partial charge on any atom is 0.270 e. The first-order chi connectivity index (χ1) is 14.3. The minimum Gasteiger partial charge on any atom is -0.351 e. The van der Waals surface area contributed by atoms with E-state index in [1.54, 1.807) is 29.2 Å². The molecule has 0 spiro atoms. The van der Waals surface area contributed by atoms with E-state index in [1.807, 2.05) is 0 Å². The quantitative estimate of drug-likeness (QED) is 0.368. The molecule has 1 saturated heterocycles. The average Bonchev–Trinajstić information content (AvgIpc) is 3.17. The van der Waals surface area contributed by atoms with Crippen molar-refractivity contribution < 1.29 is 22.9 Å². The Balaban J connectivity index is 1.51. The fourth-order valence-corrected chi connectivity index (χ4v) is 4.10. The van der Waals surface area contributed by atoms with Crippen LogP contribution in [-0.2, 0) is 14.8 Å². The number of anilines is 1. The molecule has 0 bridgehead atoms. The molecular formula is C19H20N4O6S. The molecule has 158 valence electrons. The maximum absolute atomic E-state index is 12.2. The zero-order valence-electron chi connectivity index (χ0n) is 15.9. The van der Waals surface area contributed by atoms with Crippen molar-refractivity contribution in [2.45, 2.75) is 17.7 Å². The van der Waals surface area contributed by atoms with Gasteiger partial charge in [0.25, 0.3) is 11.6 Å². The van der Waals surface area contributed by atoms with Gasteiger partial charge in [0.05, 0.1) is 9.82 Å². The van der Waals surface area contributed by atoms with Crippen LogP contribution >= 0.6 is 0 Å². The molecule has 2 aromatic rings. The Morgan fingerprint density at radius 3 is 2.50 bits per heavy atom. The number of non-ortho nitro benzene ring substituents is 1. The lowest BCUT2D eigenvalue weighted by Crippen LogP contribution is -2.34. The highest BCUT2D eigenvalue weighted by Gasteiger charge is 2.22. The molecule has 30 heavy (non-hydrogen) atoms. The highest BCUT2D eigenvalue weighted by atomic mass is 32.2. The van der Waals surface area contributed by atoms with Gasteiger partial charge in [-0.2, -0.15) is 0 Å². The summed E-state index contributed by atoms with van der Waals surface area (Å²) >= 11 is 0. The first kappa shape index (κ1) is 21.4. The molecule has 0 unspecified atom stereocenters. The molecular weight excluding hydrogens is 412 g/mol. The van der Waals surface area contributed by atoms with E-state index in [-0.39, 0.29) is 35.5 Å². The van der Waals surface area contributed by atoms with E-state index >= 15 is 0 Å². The first-order valence-electron chi connectivity index (χ1n) is 9.21. The predicted molar refractivity (Wildman–Crippen MR) is 109 cm³/mol. The lowest BCUT2D eigenvalue weighted by atomic mass is 10.2. The monoisotopic (exact) mass is 432 g/mol. The van der Waals surface area contributed by atoms with Crippen LogP contribution in [0.4, 0.5) is 11.4 Å². The number of nitro benzene ring substituents is 1. The van der Waals surface area contributed by atoms with Crippen LogP contribution in [0.15, 0.2) is 53.4 Å². The molecule has 10 nitrogen and oxygen atoms in total. The summed E-state index contributed by atoms with van der Waals surface area (Å²) in [6.45, 7) is 0.603. The summed E-state index contributed by atoms with van der Waals surface area (Å²) in [6.07, 6.45) is 1.34. The standard InChI is InChI=1S/C19H20N4O6S/c24-18-5-2-12-22(18)15-8-6-14(7-9-15)19(25)20-10-11-21-30(28,29)17-4-1-3-16(13-17)23(26)27/h1,3-4,6-9,13,21H,2,5,10-12H2,(H,20,25). The maximum atomic E-state index is 12.2. The second-order valence-electron chi connectivity index (χ2n) is 6.60. The lowest BCUT2D eigenvalue weighted by molar-refractivity contribution is -0.385. The molecule has 1 fully saturated rings. The van der Waals surface area contributed by atoms with E-state index in [0.29, 0.717) is 18.5 Å². The Morgan fingerprint density at radius 1 is 1.13 bits per heavy atom. The van der Waals surface area contributed by atoms with Crippen LogP contribution in [0.1, 0.15) is 23.2 Å². The summed E-state index contributed by atoms with van der Waals surface area (Å²) in [5, 5.41) is 13.4. The number of carbonyl (C=O) groups is 2. The molecule has 0 aliphatic carbocycles. The molecule has 1 aliphatic heterocycles. The Morgan fingerprint density at radius 2 is 1.87 bits per heavy atom. The van der Waals surface area contributed by atoms with Gasteiger partial charge in [0.1, 0.15) is 0 Å². The van der Waals surface area contributed by atoms with Gasteiger partial charge in [-0.05, 0) is 36.8 Å². The number of nitro groups is 1. The Labute approximate surface area is 173 Å². The first-order valence-corrected chi connectivity index (χ1v) is 10.7. The highest BCUT2D eigenvalue weighted by Crippen LogP contribution is 2.21. The largest absolute Gasteiger partial charge is 0.351 e. The molecule has 3 rings (SSSR count). The third kappa shape index (κ3) is 4.99. The molecule has 1 heterocycles. The molecule has 2 N–H and O–H groups in total. The number of nitrogens with zero attached hydrogens (tertiary/aromatic N) is 2. The van der Waals surface area contributed by atoms with Gasteiger partial charge in [-0.3, -0.25) is 19.7 Å². The molecule has 11 heteroatoms. The van der Waals surface area contributed by atoms with Crippen molar-refractivity contribution in [2.24, 2.45) is 0 Å². The SMILES string of the molecule is O=C(NCCNS(=O)(=O)c1cccc([N+](=O)[O-])c1)c1ccc(N2CCCC2=O)cc1. The van der Waals surface area contributed by atoms with Crippen molar-refractivity contribution in [1.29, 1.82) is 0 Å². The Hall–Kier alpha value is -3.31. The van der Waals surface area contributed by atoms with Crippen LogP contribution in [0, 0.1) is 10.1 Å². The number of carbonyl (C=O) groups excluding carboxylic acids is 2. The Bertz CT molecular complexity index is 1070. The smallest absolute Gasteiger partial charge is 0.270 e. The molecule has 0 aromatic heterocycles. The van der Waals surface area contributed by atoms with E-state index in [4.69, 9.17) is 0 Å². The van der Waals surface area contributed by atoms with E-state index in [0.717, 1.165) is 18.2 Å². The van der Waals surface area contributed by atoms with Crippen molar-refractivity contribution in [3.63, 3.8) is 0 Å². The van der Waals surface area contributed by atoms with Crippen molar-refractivity contribution in [2.75, 3.05) is 24.5 Å². The van der Waals surface area contributed by atoms with Gasteiger partial charge in [0.2, 0.25) is 15.9 Å². The van der Waals surface area contributed by atoms with Crippen molar-refractivity contribution in [3.05, 3.63) is 64.2 Å². The second kappa shape index (κ2) is 9.01. The van der Waals surface area contributed by atoms with E-state index in [1.165, 1.54) is 18.2 Å². The number of rotatable bonds is 8. The number of nitrogens with one attached hydrogen (secondary N) is 2. The van der Waals surface area contributed by atoms with Gasteiger partial charge in [-0.1, -0.05) is 6.07 Å². The minimum atomic E-state index is -3.94. The fraction of sp³-hybridized carbons (Fsp3) is 0.263. The minimum absolute atomic E-state index is 0.0271. The zero-order chi connectivity index (χ0) is 21.7. The van der Waals surface area contributed by atoms with Crippen LogP contribution in [-0.4, -0.2) is 44.8 Å². The van der Waals surface area contributed by atoms with E-state index in [9.17, 15) is 28.1 Å². The van der Waals surface area contributed by atoms with Crippen LogP contribution in [0.3, 0.4) is 0 Å². The average molecular weight is 432 g/mol. The highest BCUT2D eigenvalue weighted by molar-refractivity contribution is 7.89. The van der Waals surface area contributed by atoms with E-state index < -0.39 is 14.9 Å². The summed E-state index contributed by atoms with van der Waals surface area (Å²) in [5.41, 5.74) is 0.788. The number of sulfonamides is 1. The fourth-order valence-electron chi connectivity index (χ4n) is 3.02. The third-order valence-electron chi connectivity index (χ3n) is 4.56. The van der Waals surface area contributed by atoms with Gasteiger partial charge >= 0.3 is 0 Å². The van der Waals surface area contributed by atoms with Crippen molar-refractivity contribution in [1.82, 2.24) is 10.0 Å². The summed E-state index contributed by atoms with van der Waals surface area (Å²) < 4.78 is 26.8. The molecule has 2 amide bonds. The van der Waals surface area contributed by atoms with Crippen LogP contribution in [0.2, 0.25) is 0 Å². The normalized spacial score (nSPS) is 14.0. The van der Waals surface area contributed by atoms with Gasteiger partial charge in [0, 0.05) is 49.4 Å². The lowest BCUT2D eigenvalue weighted by Gasteiger charge is -2.15. The van der Waals surface area contributed by atoms with Crippen molar-refractivity contribution >= 4 is 33.2 Å². The molecule has 1 aliphatic rings. The van der Waals surface area contributed by atoms with Crippen LogP contribution < -0.4 is 14.9 Å². The Kier molecular flexibility index (Phi) is 6.43. The van der Waals surface area contributed by atoms with Gasteiger partial charge < -0.3 is 10.2 Å². The molecule has 0 saturated carbocycles. The predicted octanol–water partition coefficient (Wildman–Crippen LogP) is 1.43. The number of benzene rings is 2. The van der Waals surface area contributed by atoms with Gasteiger partial charge in [0.15, 0.2) is 0 Å². The molecule has 2 aromatic carbocycles. The van der Waals surface area contributed by atoms with Gasteiger partial charge in [-0.15, -0.1) is 0 Å². The van der Waals surface area contributed by atoms with E-state index in [2.05, 4.69) is 10.0 Å². The number of hydrogen-bond acceptors (Lipinski definition) is 6. The van der Waals surface area contributed by atoms with Crippen LogP contribution in [0.5, 0.6) is 0 Å². The summed E-state index contributed by atoms with van der Waals surface area (Å²) in [6, 6.07) is 11.3. The topological polar surface area (TPSA) is 139 Å². The van der Waals surface area contributed by atoms with Crippen LogP contribution in [0.25, 0.3) is 0 Å². The summed E-state index contributed by atoms with van der Waals surface area (Å²) in [7, 11) is -3.94. The second-order valence-corrected chi connectivity index (χ2v) is 8.37. The summed E-state index contributed by atoms with van der Waals surface area (Å²) in [5.74, 6) is -0.327. The number of amides is 2. The summed E-state index contributed by atoms with van der Waals surface area (Å²) in [4.78, 5) is 35.5. The molecule has 0 radical (unpaired) electrons. The van der Waals surface area contributed by atoms with Gasteiger partial charge in [-0.25, -0.2) is 13.1 Å². The number of hydrogen-bond donors (Lipinski definition) is 2.